The van der Waals surface area contributed by atoms with Crippen LogP contribution in [0, 0.1) is 12.8 Å². The molecule has 3 aromatic rings. The second kappa shape index (κ2) is 9.77. The van der Waals surface area contributed by atoms with Gasteiger partial charge < -0.3 is 19.5 Å². The molecule has 1 amide bonds. The van der Waals surface area contributed by atoms with Crippen molar-refractivity contribution < 1.29 is 29.1 Å². The molecular formula is C25H26N2O6. The average molecular weight is 450 g/mol. The van der Waals surface area contributed by atoms with Gasteiger partial charge in [-0.1, -0.05) is 53.7 Å². The van der Waals surface area contributed by atoms with Crippen LogP contribution in [0.15, 0.2) is 53.1 Å². The minimum atomic E-state index is -1.83. The first-order chi connectivity index (χ1) is 15.9. The fraction of sp³-hybridized carbons (Fsp3) is 0.320. The lowest BCUT2D eigenvalue weighted by Gasteiger charge is -2.08. The first-order valence-electron chi connectivity index (χ1n) is 10.9. The molecule has 0 spiro atoms. The lowest BCUT2D eigenvalue weighted by Crippen LogP contribution is -2.15. The van der Waals surface area contributed by atoms with E-state index in [2.05, 4.69) is 46.9 Å². The minimum absolute atomic E-state index is 0.461. The predicted octanol–water partition coefficient (Wildman–Crippen LogP) is 6.38. The highest BCUT2D eigenvalue weighted by Crippen LogP contribution is 2.40. The van der Waals surface area contributed by atoms with Gasteiger partial charge in [0.05, 0.1) is 6.61 Å². The summed E-state index contributed by atoms with van der Waals surface area (Å²) in [6.07, 6.45) is 2.61. The number of ether oxygens (including phenoxy) is 1. The number of amides is 1. The number of rotatable bonds is 6. The Morgan fingerprint density at radius 3 is 2.06 bits per heavy atom. The van der Waals surface area contributed by atoms with Crippen molar-refractivity contribution >= 4 is 17.9 Å². The second-order valence-electron chi connectivity index (χ2n) is 8.39. The van der Waals surface area contributed by atoms with Gasteiger partial charge in [0, 0.05) is 5.56 Å². The van der Waals surface area contributed by atoms with E-state index in [1.807, 2.05) is 12.1 Å². The molecule has 172 valence electrons. The summed E-state index contributed by atoms with van der Waals surface area (Å²) in [5.41, 5.74) is 5.84. The summed E-state index contributed by atoms with van der Waals surface area (Å²) >= 11 is 0. The van der Waals surface area contributed by atoms with Crippen LogP contribution in [-0.2, 0) is 4.74 Å². The van der Waals surface area contributed by atoms with Gasteiger partial charge in [0.15, 0.2) is 5.76 Å². The zero-order valence-electron chi connectivity index (χ0n) is 18.3. The van der Waals surface area contributed by atoms with Crippen LogP contribution < -0.4 is 5.32 Å². The maximum Gasteiger partial charge on any atom is 0.503 e. The maximum absolute atomic E-state index is 12.1. The van der Waals surface area contributed by atoms with Gasteiger partial charge in [0.1, 0.15) is 11.4 Å². The van der Waals surface area contributed by atoms with E-state index < -0.39 is 12.2 Å². The zero-order chi connectivity index (χ0) is 23.4. The Hall–Kier alpha value is -3.81. The summed E-state index contributed by atoms with van der Waals surface area (Å²) in [7, 11) is 0. The highest BCUT2D eigenvalue weighted by Gasteiger charge is 2.24. The largest absolute Gasteiger partial charge is 0.503 e. The number of aromatic nitrogens is 1. The first-order valence-corrected chi connectivity index (χ1v) is 10.9. The van der Waals surface area contributed by atoms with Gasteiger partial charge in [-0.15, -0.1) is 0 Å². The first kappa shape index (κ1) is 22.4. The number of carbonyl (C=O) groups excluding carboxylic acids is 1. The van der Waals surface area contributed by atoms with Crippen LogP contribution in [0.3, 0.4) is 0 Å². The monoisotopic (exact) mass is 450 g/mol. The normalized spacial score (nSPS) is 14.7. The van der Waals surface area contributed by atoms with Crippen LogP contribution in [0.4, 0.5) is 15.3 Å². The van der Waals surface area contributed by atoms with Crippen molar-refractivity contribution in [3.63, 3.8) is 0 Å². The van der Waals surface area contributed by atoms with Crippen molar-refractivity contribution in [2.24, 2.45) is 5.92 Å². The summed E-state index contributed by atoms with van der Waals surface area (Å²) in [5, 5.41) is 20.9. The Balaban J connectivity index is 0.000000601. The van der Waals surface area contributed by atoms with E-state index >= 15 is 0 Å². The third kappa shape index (κ3) is 6.12. The molecule has 0 atom stereocenters. The van der Waals surface area contributed by atoms with Crippen molar-refractivity contribution in [3.8, 4) is 22.4 Å². The Morgan fingerprint density at radius 1 is 0.970 bits per heavy atom. The molecule has 1 aromatic heterocycles. The van der Waals surface area contributed by atoms with Crippen molar-refractivity contribution in [2.45, 2.75) is 38.5 Å². The van der Waals surface area contributed by atoms with Gasteiger partial charge in [-0.3, -0.25) is 5.32 Å². The number of carboxylic acid groups (broad SMARTS) is 2. The summed E-state index contributed by atoms with van der Waals surface area (Å²) in [6, 6.07) is 17.0. The summed E-state index contributed by atoms with van der Waals surface area (Å²) < 4.78 is 10.6. The highest BCUT2D eigenvalue weighted by atomic mass is 16.6. The number of nitrogens with one attached hydrogen (secondary N) is 1. The Morgan fingerprint density at radius 2 is 1.52 bits per heavy atom. The van der Waals surface area contributed by atoms with Crippen LogP contribution in [0.25, 0.3) is 22.4 Å². The van der Waals surface area contributed by atoms with Crippen molar-refractivity contribution in [1.82, 2.24) is 5.16 Å². The SMILES string of the molecule is Cc1onc(-c2ccc(-c3ccc(C4CC4)cc3)cc2)c1NC(=O)OCC1CC1.O=C(O)O. The molecule has 1 heterocycles. The fourth-order valence-corrected chi connectivity index (χ4v) is 3.52. The molecule has 8 nitrogen and oxygen atoms in total. The molecule has 0 radical (unpaired) electrons. The lowest BCUT2D eigenvalue weighted by molar-refractivity contribution is 0.136. The molecule has 0 saturated heterocycles. The number of hydrogen-bond donors (Lipinski definition) is 3. The third-order valence-electron chi connectivity index (χ3n) is 5.69. The van der Waals surface area contributed by atoms with E-state index in [9.17, 15) is 4.79 Å². The fourth-order valence-electron chi connectivity index (χ4n) is 3.52. The molecule has 33 heavy (non-hydrogen) atoms. The van der Waals surface area contributed by atoms with Crippen molar-refractivity contribution in [3.05, 3.63) is 59.9 Å². The van der Waals surface area contributed by atoms with Gasteiger partial charge in [0.2, 0.25) is 0 Å². The quantitative estimate of drug-likeness (QED) is 0.398. The topological polar surface area (TPSA) is 122 Å². The standard InChI is InChI=1S/C24H24N2O3.CH2O3/c1-15-22(25-24(27)28-14-16-2-3-16)23(26-29-15)21-12-10-20(11-13-21)19-8-6-18(7-9-19)17-4-5-17;2-1(3)4/h6-13,16-17H,2-5,14H2,1H3,(H,25,27);(H2,2,3,4). The zero-order valence-corrected chi connectivity index (χ0v) is 18.3. The molecule has 0 aliphatic heterocycles. The average Bonchev–Trinajstić information content (AvgIpc) is 3.72. The number of benzene rings is 2. The number of nitrogens with zero attached hydrogens (tertiary/aromatic N) is 1. The van der Waals surface area contributed by atoms with E-state index in [0.717, 1.165) is 29.9 Å². The molecule has 2 aliphatic carbocycles. The van der Waals surface area contributed by atoms with Crippen LogP contribution in [0.1, 0.15) is 42.9 Å². The minimum Gasteiger partial charge on any atom is -0.450 e. The molecule has 3 N–H and O–H groups in total. The lowest BCUT2D eigenvalue weighted by atomic mass is 10.00. The Kier molecular flexibility index (Phi) is 6.63. The van der Waals surface area contributed by atoms with Gasteiger partial charge in [-0.2, -0.15) is 0 Å². The molecule has 5 rings (SSSR count). The summed E-state index contributed by atoms with van der Waals surface area (Å²) in [4.78, 5) is 20.7. The Labute approximate surface area is 191 Å². The predicted molar refractivity (Wildman–Crippen MR) is 122 cm³/mol. The second-order valence-corrected chi connectivity index (χ2v) is 8.39. The van der Waals surface area contributed by atoms with Gasteiger partial charge >= 0.3 is 12.2 Å². The summed E-state index contributed by atoms with van der Waals surface area (Å²) in [6.45, 7) is 2.25. The highest BCUT2D eigenvalue weighted by molar-refractivity contribution is 5.91. The van der Waals surface area contributed by atoms with E-state index in [1.54, 1.807) is 6.92 Å². The smallest absolute Gasteiger partial charge is 0.450 e. The van der Waals surface area contributed by atoms with Crippen LogP contribution >= 0.6 is 0 Å². The third-order valence-corrected chi connectivity index (χ3v) is 5.69. The Bertz CT molecular complexity index is 1110. The molecule has 0 unspecified atom stereocenters. The van der Waals surface area contributed by atoms with Crippen molar-refractivity contribution in [1.29, 1.82) is 0 Å². The molecular weight excluding hydrogens is 424 g/mol. The van der Waals surface area contributed by atoms with E-state index in [4.69, 9.17) is 24.3 Å². The van der Waals surface area contributed by atoms with Crippen molar-refractivity contribution in [2.75, 3.05) is 11.9 Å². The molecule has 0 bridgehead atoms. The molecule has 2 saturated carbocycles. The van der Waals surface area contributed by atoms with E-state index in [0.29, 0.717) is 29.7 Å². The van der Waals surface area contributed by atoms with Crippen LogP contribution in [0.5, 0.6) is 0 Å². The number of aryl methyl sites for hydroxylation is 1. The molecule has 2 aliphatic rings. The number of hydrogen-bond acceptors (Lipinski definition) is 5. The number of carbonyl (C=O) groups is 2. The maximum atomic E-state index is 12.1. The molecule has 2 aromatic carbocycles. The van der Waals surface area contributed by atoms with Gasteiger partial charge in [0.25, 0.3) is 0 Å². The summed E-state index contributed by atoms with van der Waals surface area (Å²) in [5.74, 6) is 1.85. The molecule has 2 fully saturated rings. The van der Waals surface area contributed by atoms with E-state index in [-0.39, 0.29) is 0 Å². The molecule has 8 heteroatoms. The number of anilines is 1. The van der Waals surface area contributed by atoms with E-state index in [1.165, 1.54) is 24.0 Å². The van der Waals surface area contributed by atoms with Gasteiger partial charge in [-0.05, 0) is 61.1 Å². The van der Waals surface area contributed by atoms with Gasteiger partial charge in [-0.25, -0.2) is 9.59 Å². The van der Waals surface area contributed by atoms with Crippen LogP contribution in [0.2, 0.25) is 0 Å². The van der Waals surface area contributed by atoms with Crippen LogP contribution in [-0.4, -0.2) is 34.2 Å².